The van der Waals surface area contributed by atoms with Crippen molar-refractivity contribution in [2.24, 2.45) is 5.92 Å². The zero-order valence-corrected chi connectivity index (χ0v) is 11.5. The van der Waals surface area contributed by atoms with Gasteiger partial charge in [-0.2, -0.15) is 0 Å². The number of hydrogen-bond donors (Lipinski definition) is 0. The molecule has 0 heterocycles. The number of carbonyl (C=O) groups excluding carboxylic acids is 1. The minimum Gasteiger partial charge on any atom is -0.469 e. The first-order valence-corrected chi connectivity index (χ1v) is 6.02. The van der Waals surface area contributed by atoms with Crippen molar-refractivity contribution in [3.8, 4) is 0 Å². The largest absolute Gasteiger partial charge is 0.469 e. The quantitative estimate of drug-likeness (QED) is 0.773. The highest BCUT2D eigenvalue weighted by atomic mass is 35.5. The van der Waals surface area contributed by atoms with Crippen LogP contribution in [0.3, 0.4) is 0 Å². The predicted molar refractivity (Wildman–Crippen MR) is 68.9 cm³/mol. The van der Waals surface area contributed by atoms with Crippen molar-refractivity contribution in [1.29, 1.82) is 0 Å². The molecule has 0 saturated carbocycles. The Morgan fingerprint density at radius 1 is 1.56 bits per heavy atom. The fraction of sp³-hybridized carbons (Fsp3) is 0.462. The van der Waals surface area contributed by atoms with Crippen molar-refractivity contribution < 1.29 is 13.9 Å². The fourth-order valence-electron chi connectivity index (χ4n) is 1.76. The van der Waals surface area contributed by atoms with Gasteiger partial charge < -0.3 is 9.64 Å². The molecule has 3 nitrogen and oxygen atoms in total. The number of esters is 1. The van der Waals surface area contributed by atoms with E-state index in [-0.39, 0.29) is 16.9 Å². The molecule has 1 atom stereocenters. The van der Waals surface area contributed by atoms with Crippen LogP contribution in [0.5, 0.6) is 0 Å². The van der Waals surface area contributed by atoms with Crippen LogP contribution >= 0.6 is 11.6 Å². The van der Waals surface area contributed by atoms with Crippen molar-refractivity contribution in [2.75, 3.05) is 20.7 Å². The Hall–Kier alpha value is -1.13. The first-order chi connectivity index (χ1) is 8.43. The molecule has 1 aromatic rings. The van der Waals surface area contributed by atoms with Crippen LogP contribution in [0.1, 0.15) is 12.5 Å². The van der Waals surface area contributed by atoms with Crippen LogP contribution in [0.4, 0.5) is 4.39 Å². The SMILES string of the molecule is COC(=O)C(C)CN(C)Cc1ccc(F)c(Cl)c1. The number of hydrogen-bond acceptors (Lipinski definition) is 3. The van der Waals surface area contributed by atoms with Gasteiger partial charge in [0, 0.05) is 13.1 Å². The summed E-state index contributed by atoms with van der Waals surface area (Å²) in [6, 6.07) is 4.62. The molecule has 0 amide bonds. The molecule has 1 aromatic carbocycles. The van der Waals surface area contributed by atoms with E-state index < -0.39 is 5.82 Å². The van der Waals surface area contributed by atoms with E-state index in [1.165, 1.54) is 13.2 Å². The van der Waals surface area contributed by atoms with E-state index in [2.05, 4.69) is 4.74 Å². The third-order valence-electron chi connectivity index (χ3n) is 2.63. The Morgan fingerprint density at radius 3 is 2.78 bits per heavy atom. The maximum absolute atomic E-state index is 13.0. The topological polar surface area (TPSA) is 29.5 Å². The van der Waals surface area contributed by atoms with Gasteiger partial charge in [-0.25, -0.2) is 4.39 Å². The smallest absolute Gasteiger partial charge is 0.309 e. The van der Waals surface area contributed by atoms with Crippen molar-refractivity contribution >= 4 is 17.6 Å². The summed E-state index contributed by atoms with van der Waals surface area (Å²) in [4.78, 5) is 13.2. The summed E-state index contributed by atoms with van der Waals surface area (Å²) in [6.07, 6.45) is 0. The van der Waals surface area contributed by atoms with Crippen LogP contribution in [0.15, 0.2) is 18.2 Å². The average Bonchev–Trinajstić information content (AvgIpc) is 2.32. The minimum atomic E-state index is -0.425. The van der Waals surface area contributed by atoms with E-state index in [1.54, 1.807) is 19.1 Å². The molecule has 0 aliphatic carbocycles. The van der Waals surface area contributed by atoms with Gasteiger partial charge in [0.1, 0.15) is 5.82 Å². The van der Waals surface area contributed by atoms with Crippen molar-refractivity contribution in [2.45, 2.75) is 13.5 Å². The first-order valence-electron chi connectivity index (χ1n) is 5.64. The zero-order chi connectivity index (χ0) is 13.7. The Morgan fingerprint density at radius 2 is 2.22 bits per heavy atom. The van der Waals surface area contributed by atoms with Gasteiger partial charge in [0.15, 0.2) is 0 Å². The summed E-state index contributed by atoms with van der Waals surface area (Å²) < 4.78 is 17.7. The number of nitrogens with zero attached hydrogens (tertiary/aromatic N) is 1. The molecule has 0 spiro atoms. The Balaban J connectivity index is 2.56. The molecule has 0 bridgehead atoms. The first kappa shape index (κ1) is 14.9. The van der Waals surface area contributed by atoms with Crippen molar-refractivity contribution in [1.82, 2.24) is 4.90 Å². The van der Waals surface area contributed by atoms with Gasteiger partial charge in [-0.1, -0.05) is 24.6 Å². The lowest BCUT2D eigenvalue weighted by atomic mass is 10.1. The van der Waals surface area contributed by atoms with E-state index >= 15 is 0 Å². The molecule has 0 radical (unpaired) electrons. The normalized spacial score (nSPS) is 12.6. The number of ether oxygens (including phenoxy) is 1. The highest BCUT2D eigenvalue weighted by molar-refractivity contribution is 6.30. The summed E-state index contributed by atoms with van der Waals surface area (Å²) >= 11 is 5.71. The van der Waals surface area contributed by atoms with Gasteiger partial charge in [0.25, 0.3) is 0 Å². The molecule has 0 N–H and O–H groups in total. The standard InChI is InChI=1S/C13H17ClFNO2/c1-9(13(17)18-3)7-16(2)8-10-4-5-12(15)11(14)6-10/h4-6,9H,7-8H2,1-3H3. The van der Waals surface area contributed by atoms with Gasteiger partial charge >= 0.3 is 5.97 Å². The molecule has 1 rings (SSSR count). The lowest BCUT2D eigenvalue weighted by molar-refractivity contribution is -0.145. The molecular formula is C13H17ClFNO2. The van der Waals surface area contributed by atoms with E-state index in [0.29, 0.717) is 13.1 Å². The van der Waals surface area contributed by atoms with Gasteiger partial charge in [0.05, 0.1) is 18.1 Å². The van der Waals surface area contributed by atoms with Crippen LogP contribution in [-0.2, 0) is 16.1 Å². The summed E-state index contributed by atoms with van der Waals surface area (Å²) in [5, 5.41) is 0.113. The second kappa shape index (κ2) is 6.71. The molecule has 18 heavy (non-hydrogen) atoms. The van der Waals surface area contributed by atoms with E-state index in [9.17, 15) is 9.18 Å². The molecule has 0 saturated heterocycles. The van der Waals surface area contributed by atoms with Crippen LogP contribution in [0.2, 0.25) is 5.02 Å². The van der Waals surface area contributed by atoms with Crippen LogP contribution in [-0.4, -0.2) is 31.6 Å². The lowest BCUT2D eigenvalue weighted by Gasteiger charge is -2.20. The van der Waals surface area contributed by atoms with Gasteiger partial charge in [-0.05, 0) is 24.7 Å². The highest BCUT2D eigenvalue weighted by Crippen LogP contribution is 2.17. The molecule has 0 aromatic heterocycles. The van der Waals surface area contributed by atoms with Crippen molar-refractivity contribution in [3.05, 3.63) is 34.6 Å². The second-order valence-corrected chi connectivity index (χ2v) is 4.78. The molecule has 5 heteroatoms. The monoisotopic (exact) mass is 273 g/mol. The predicted octanol–water partition coefficient (Wildman–Crippen LogP) is 2.72. The summed E-state index contributed by atoms with van der Waals surface area (Å²) in [5.41, 5.74) is 0.904. The Labute approximate surface area is 111 Å². The number of rotatable bonds is 5. The molecule has 1 unspecified atom stereocenters. The zero-order valence-electron chi connectivity index (χ0n) is 10.7. The summed E-state index contributed by atoms with van der Waals surface area (Å²) in [5.74, 6) is -0.860. The van der Waals surface area contributed by atoms with Crippen LogP contribution in [0, 0.1) is 11.7 Å². The Kier molecular flexibility index (Phi) is 5.56. The van der Waals surface area contributed by atoms with Crippen LogP contribution < -0.4 is 0 Å². The highest BCUT2D eigenvalue weighted by Gasteiger charge is 2.15. The number of methoxy groups -OCH3 is 1. The third-order valence-corrected chi connectivity index (χ3v) is 2.92. The minimum absolute atomic E-state index is 0.113. The fourth-order valence-corrected chi connectivity index (χ4v) is 1.96. The summed E-state index contributed by atoms with van der Waals surface area (Å²) in [7, 11) is 3.26. The van der Waals surface area contributed by atoms with E-state index in [4.69, 9.17) is 11.6 Å². The average molecular weight is 274 g/mol. The van der Waals surface area contributed by atoms with Gasteiger partial charge in [-0.15, -0.1) is 0 Å². The van der Waals surface area contributed by atoms with Crippen LogP contribution in [0.25, 0.3) is 0 Å². The molecular weight excluding hydrogens is 257 g/mol. The van der Waals surface area contributed by atoms with Gasteiger partial charge in [0.2, 0.25) is 0 Å². The maximum atomic E-state index is 13.0. The number of carbonyl (C=O) groups is 1. The van der Waals surface area contributed by atoms with Gasteiger partial charge in [-0.3, -0.25) is 4.79 Å². The second-order valence-electron chi connectivity index (χ2n) is 4.37. The van der Waals surface area contributed by atoms with E-state index in [0.717, 1.165) is 5.56 Å². The summed E-state index contributed by atoms with van der Waals surface area (Å²) in [6.45, 7) is 2.98. The third kappa shape index (κ3) is 4.27. The molecule has 0 aliphatic rings. The maximum Gasteiger partial charge on any atom is 0.309 e. The van der Waals surface area contributed by atoms with Crippen molar-refractivity contribution in [3.63, 3.8) is 0 Å². The lowest BCUT2D eigenvalue weighted by Crippen LogP contribution is -2.29. The molecule has 0 aliphatic heterocycles. The molecule has 100 valence electrons. The molecule has 0 fully saturated rings. The van der Waals surface area contributed by atoms with E-state index in [1.807, 2.05) is 11.9 Å². The number of halogens is 2. The number of benzene rings is 1. The Bertz CT molecular complexity index is 425.